The van der Waals surface area contributed by atoms with Crippen molar-refractivity contribution < 1.29 is 39.0 Å². The number of aryl methyl sites for hydroxylation is 1. The normalized spacial score (nSPS) is 26.7. The van der Waals surface area contributed by atoms with Gasteiger partial charge in [0.2, 0.25) is 0 Å². The summed E-state index contributed by atoms with van der Waals surface area (Å²) in [5, 5.41) is 49.6. The van der Waals surface area contributed by atoms with E-state index in [1.54, 1.807) is 18.2 Å². The number of nitriles is 3. The van der Waals surface area contributed by atoms with E-state index in [0.29, 0.717) is 36.9 Å². The molecule has 5 aliphatic rings. The van der Waals surface area contributed by atoms with Gasteiger partial charge in [-0.2, -0.15) is 22.0 Å². The van der Waals surface area contributed by atoms with E-state index < -0.39 is 0 Å². The quantitative estimate of drug-likeness (QED) is 0.226. The Morgan fingerprint density at radius 1 is 0.614 bits per heavy atom. The molecular formula is C46H73N9Rh2-3. The average molecular weight is 958 g/mol. The summed E-state index contributed by atoms with van der Waals surface area (Å²) in [4.78, 5) is 0. The van der Waals surface area contributed by atoms with Gasteiger partial charge in [-0.15, -0.1) is 48.5 Å². The number of benzene rings is 1. The molecule has 1 aromatic rings. The summed E-state index contributed by atoms with van der Waals surface area (Å²) >= 11 is 0. The van der Waals surface area contributed by atoms with E-state index in [4.69, 9.17) is 26.4 Å². The van der Waals surface area contributed by atoms with E-state index in [1.807, 2.05) is 12.3 Å². The van der Waals surface area contributed by atoms with Gasteiger partial charge in [-0.1, -0.05) is 159 Å². The first kappa shape index (κ1) is 57.0. The minimum atomic E-state index is 0. The molecule has 1 aromatic carbocycles. The molecule has 2 heterocycles. The van der Waals surface area contributed by atoms with Gasteiger partial charge in [-0.3, -0.25) is 6.67 Å². The van der Waals surface area contributed by atoms with E-state index in [2.05, 4.69) is 85.4 Å². The Balaban J connectivity index is 0. The second kappa shape index (κ2) is 38.1. The van der Waals surface area contributed by atoms with E-state index >= 15 is 0 Å². The minimum absolute atomic E-state index is 0. The minimum Gasteiger partial charge on any atom is -0.702 e. The van der Waals surface area contributed by atoms with Gasteiger partial charge in [0.1, 0.15) is 0 Å². The van der Waals surface area contributed by atoms with Crippen LogP contribution in [0.1, 0.15) is 143 Å². The van der Waals surface area contributed by atoms with E-state index in [9.17, 15) is 0 Å². The molecule has 0 aromatic heterocycles. The molecule has 11 heteroatoms. The molecule has 9 nitrogen and oxygen atoms in total. The Labute approximate surface area is 375 Å². The number of hydrogen-bond donors (Lipinski definition) is 0. The number of rotatable bonds is 9. The average Bonchev–Trinajstić information content (AvgIpc) is 3.20. The zero-order chi connectivity index (χ0) is 40.5. The molecule has 2 aliphatic heterocycles. The van der Waals surface area contributed by atoms with E-state index in [1.165, 1.54) is 123 Å². The van der Waals surface area contributed by atoms with Gasteiger partial charge in [0.15, 0.2) is 0 Å². The Morgan fingerprint density at radius 2 is 1.04 bits per heavy atom. The fourth-order valence-electron chi connectivity index (χ4n) is 7.19. The Hall–Kier alpha value is -2.14. The molecular weight excluding hydrogens is 884 g/mol. The second-order valence-corrected chi connectivity index (χ2v) is 15.6. The van der Waals surface area contributed by atoms with Crippen LogP contribution in [0.5, 0.6) is 0 Å². The topological polar surface area (TPSA) is 156 Å². The molecule has 3 saturated carbocycles. The molecule has 6 rings (SSSR count). The van der Waals surface area contributed by atoms with Crippen molar-refractivity contribution in [1.82, 2.24) is 0 Å². The Bertz CT molecular complexity index is 1190. The van der Waals surface area contributed by atoms with Crippen LogP contribution < -0.4 is 0 Å². The van der Waals surface area contributed by atoms with Crippen LogP contribution in [0.4, 0.5) is 5.69 Å². The maximum absolute atomic E-state index is 7.32. The number of piperidine rings is 1. The summed E-state index contributed by atoms with van der Waals surface area (Å²) in [5.74, 6) is 2.76. The summed E-state index contributed by atoms with van der Waals surface area (Å²) in [6.45, 7) is 15.9. The third-order valence-corrected chi connectivity index (χ3v) is 10.7. The fraction of sp³-hybridized carbons (Fsp3) is 0.717. The molecule has 0 bridgehead atoms. The predicted octanol–water partition coefficient (Wildman–Crippen LogP) is 14.1. The smallest absolute Gasteiger partial charge is 0.702 e. The number of hydrogen-bond acceptors (Lipinski definition) is 3. The van der Waals surface area contributed by atoms with Crippen molar-refractivity contribution in [2.45, 2.75) is 175 Å². The molecule has 3 aliphatic carbocycles. The van der Waals surface area contributed by atoms with Crippen LogP contribution in [-0.4, -0.2) is 50.1 Å². The van der Waals surface area contributed by atoms with Gasteiger partial charge >= 0.3 is 19.5 Å². The first-order valence-corrected chi connectivity index (χ1v) is 21.1. The first-order valence-electron chi connectivity index (χ1n) is 21.1. The van der Waals surface area contributed by atoms with Gasteiger partial charge in [0.05, 0.1) is 18.2 Å². The maximum Gasteiger partial charge on any atom is 3.00 e. The monoisotopic (exact) mass is 957 g/mol. The molecule has 2 unspecified atom stereocenters. The number of allylic oxidation sites excluding steroid dienone is 2. The van der Waals surface area contributed by atoms with Crippen molar-refractivity contribution in [3.8, 4) is 18.2 Å². The molecule has 0 amide bonds. The van der Waals surface area contributed by atoms with E-state index in [-0.39, 0.29) is 39.0 Å². The zero-order valence-electron chi connectivity index (χ0n) is 36.2. The van der Waals surface area contributed by atoms with Crippen LogP contribution in [0, 0.1) is 58.7 Å². The Kier molecular flexibility index (Phi) is 38.1. The summed E-state index contributed by atoms with van der Waals surface area (Å²) in [6, 6.07) is 16.2. The molecule has 1 saturated heterocycles. The first-order chi connectivity index (χ1) is 26.7. The van der Waals surface area contributed by atoms with Gasteiger partial charge in [-0.25, -0.2) is 6.67 Å². The fourth-order valence-corrected chi connectivity index (χ4v) is 7.19. The maximum atomic E-state index is 7.32. The standard InChI is InChI=1S/C15H28N2.C15H22N2.C10H14N2.3C2H3N.2Rh/c2*1-12-3-7-14(8-4-12)16-11-17-15-9-5-13(2)6-10-15;1-3-7-11-9(5-1)10-6-2-4-8-12-10;3*1-2-3;;/h12-15H,3-11H2,1-2H3;3-4,7-8,13,15H,5-6,9-11H2,1-2H3;1,3,5,7,9-10H,2,4,6,8H2;3*1H3;;/q3*-2;;;;;+3. The Morgan fingerprint density at radius 3 is 1.40 bits per heavy atom. The van der Waals surface area contributed by atoms with Crippen LogP contribution in [0.2, 0.25) is 0 Å². The van der Waals surface area contributed by atoms with Gasteiger partial charge < -0.3 is 31.9 Å². The van der Waals surface area contributed by atoms with Crippen LogP contribution in [-0.2, 0) is 39.0 Å². The van der Waals surface area contributed by atoms with Crippen molar-refractivity contribution in [2.75, 3.05) is 19.9 Å². The van der Waals surface area contributed by atoms with Crippen molar-refractivity contribution in [2.24, 2.45) is 17.8 Å². The molecule has 0 spiro atoms. The summed E-state index contributed by atoms with van der Waals surface area (Å²) in [6.07, 6.45) is 27.7. The van der Waals surface area contributed by atoms with Crippen LogP contribution in [0.3, 0.4) is 0 Å². The van der Waals surface area contributed by atoms with Crippen molar-refractivity contribution in [3.63, 3.8) is 0 Å². The second-order valence-electron chi connectivity index (χ2n) is 15.6. The number of nitrogens with zero attached hydrogens (tertiary/aromatic N) is 9. The SMILES string of the molecule is C1=C[N-]C(C2CCCC[N-]2)C=C1.CC#N.CC#N.CC#N.CC1CCC([N-]C[N-]C2CCC(C)CC2)CC1.Cc1ccc([N-]C[N-]C2CCC(C)CC2)cc1.[Rh+3].[Rh]. The van der Waals surface area contributed by atoms with Crippen molar-refractivity contribution >= 4 is 5.69 Å². The largest absolute Gasteiger partial charge is 3.00 e. The zero-order valence-corrected chi connectivity index (χ0v) is 39.4. The molecule has 1 radical (unpaired) electrons. The molecule has 57 heavy (non-hydrogen) atoms. The van der Waals surface area contributed by atoms with Crippen LogP contribution in [0.15, 0.2) is 48.7 Å². The van der Waals surface area contributed by atoms with Crippen molar-refractivity contribution in [1.29, 1.82) is 15.8 Å². The summed E-state index contributed by atoms with van der Waals surface area (Å²) in [5.41, 5.74) is 2.32. The van der Waals surface area contributed by atoms with Gasteiger partial charge in [0, 0.05) is 40.2 Å². The van der Waals surface area contributed by atoms with Gasteiger partial charge in [-0.05, 0) is 24.7 Å². The van der Waals surface area contributed by atoms with Crippen molar-refractivity contribution in [3.05, 3.63) is 86.2 Å². The van der Waals surface area contributed by atoms with E-state index in [0.717, 1.165) is 36.7 Å². The summed E-state index contributed by atoms with van der Waals surface area (Å²) in [7, 11) is 0. The molecule has 4 fully saturated rings. The summed E-state index contributed by atoms with van der Waals surface area (Å²) < 4.78 is 0. The molecule has 0 N–H and O–H groups in total. The third-order valence-electron chi connectivity index (χ3n) is 10.7. The third kappa shape index (κ3) is 29.7. The van der Waals surface area contributed by atoms with Crippen LogP contribution in [0.25, 0.3) is 31.9 Å². The molecule has 323 valence electrons. The van der Waals surface area contributed by atoms with Gasteiger partial charge in [0.25, 0.3) is 0 Å². The molecule has 2 atom stereocenters. The predicted molar refractivity (Wildman–Crippen MR) is 233 cm³/mol. The van der Waals surface area contributed by atoms with Crippen LogP contribution >= 0.6 is 0 Å².